The molecule has 0 aromatic carbocycles. The highest BCUT2D eigenvalue weighted by molar-refractivity contribution is 5.92. The number of hydroxylamine groups is 1. The summed E-state index contributed by atoms with van der Waals surface area (Å²) in [4.78, 5) is 35.3. The Morgan fingerprint density at radius 1 is 1.45 bits per heavy atom. The van der Waals surface area contributed by atoms with Crippen LogP contribution in [0.4, 0.5) is 10.2 Å². The van der Waals surface area contributed by atoms with Crippen LogP contribution in [-0.4, -0.2) is 47.4 Å². The van der Waals surface area contributed by atoms with Crippen molar-refractivity contribution < 1.29 is 19.1 Å². The normalized spacial score (nSPS) is 20.1. The lowest BCUT2D eigenvalue weighted by molar-refractivity contribution is 0.0695. The van der Waals surface area contributed by atoms with Gasteiger partial charge >= 0.3 is 5.97 Å². The monoisotopic (exact) mass is 401 g/mol. The van der Waals surface area contributed by atoms with E-state index in [-0.39, 0.29) is 28.2 Å². The average Bonchev–Trinajstić information content (AvgIpc) is 3.42. The second-order valence-corrected chi connectivity index (χ2v) is 7.84. The molecule has 0 radical (unpaired) electrons. The zero-order valence-corrected chi connectivity index (χ0v) is 15.7. The van der Waals surface area contributed by atoms with Crippen molar-refractivity contribution in [2.75, 3.05) is 31.6 Å². The molecule has 4 heterocycles. The SMILES string of the molecule is CONC1=CN(c2nc3c(cc2F)c(=O)c(C(=O)O)cn3C2CC2)CC12CNC2. The first-order valence-corrected chi connectivity index (χ1v) is 9.41. The summed E-state index contributed by atoms with van der Waals surface area (Å²) in [6, 6.07) is 1.18. The van der Waals surface area contributed by atoms with Gasteiger partial charge in [-0.15, -0.1) is 0 Å². The molecule has 2 aliphatic heterocycles. The van der Waals surface area contributed by atoms with Gasteiger partial charge in [0.25, 0.3) is 0 Å². The third-order valence-corrected chi connectivity index (χ3v) is 5.85. The number of carboxylic acids is 1. The summed E-state index contributed by atoms with van der Waals surface area (Å²) in [5, 5.41) is 12.6. The van der Waals surface area contributed by atoms with Gasteiger partial charge in [0.05, 0.1) is 23.6 Å². The minimum absolute atomic E-state index is 0.0171. The molecule has 1 aliphatic carbocycles. The fraction of sp³-hybridized carbons (Fsp3) is 0.421. The highest BCUT2D eigenvalue weighted by Crippen LogP contribution is 2.40. The van der Waals surface area contributed by atoms with Crippen LogP contribution < -0.4 is 21.1 Å². The van der Waals surface area contributed by atoms with Crippen molar-refractivity contribution >= 4 is 22.8 Å². The number of aromatic nitrogens is 2. The summed E-state index contributed by atoms with van der Waals surface area (Å²) >= 11 is 0. The molecule has 3 N–H and O–H groups in total. The Labute approximate surface area is 164 Å². The first-order chi connectivity index (χ1) is 13.9. The maximum absolute atomic E-state index is 15.0. The van der Waals surface area contributed by atoms with Crippen LogP contribution in [0.1, 0.15) is 29.2 Å². The van der Waals surface area contributed by atoms with E-state index in [4.69, 9.17) is 4.84 Å². The number of hydrogen-bond donors (Lipinski definition) is 3. The highest BCUT2D eigenvalue weighted by atomic mass is 19.1. The van der Waals surface area contributed by atoms with E-state index >= 15 is 4.39 Å². The fourth-order valence-electron chi connectivity index (χ4n) is 4.08. The first kappa shape index (κ1) is 18.1. The number of nitrogens with zero attached hydrogens (tertiary/aromatic N) is 3. The van der Waals surface area contributed by atoms with E-state index in [1.165, 1.54) is 13.3 Å². The summed E-state index contributed by atoms with van der Waals surface area (Å²) in [6.07, 6.45) is 4.83. The molecule has 1 spiro atoms. The fourth-order valence-corrected chi connectivity index (χ4v) is 4.08. The van der Waals surface area contributed by atoms with E-state index in [1.54, 1.807) is 15.7 Å². The van der Waals surface area contributed by atoms with Crippen LogP contribution in [0, 0.1) is 11.2 Å². The lowest BCUT2D eigenvalue weighted by Crippen LogP contribution is -2.58. The third kappa shape index (κ3) is 2.70. The first-order valence-electron chi connectivity index (χ1n) is 9.41. The number of nitrogens with one attached hydrogen (secondary N) is 2. The topological polar surface area (TPSA) is 109 Å². The van der Waals surface area contributed by atoms with Crippen LogP contribution in [0.15, 0.2) is 29.0 Å². The van der Waals surface area contributed by atoms with Crippen LogP contribution in [0.3, 0.4) is 0 Å². The standard InChI is InChI=1S/C19H20FN5O4/c1-29-23-14-6-24(9-19(14)7-21-8-19)17-13(20)4-11-15(26)12(18(27)28)5-25(10-2-3-10)16(11)22-17/h4-6,10,21,23H,2-3,7-9H2,1H3,(H,27,28). The predicted octanol–water partition coefficient (Wildman–Crippen LogP) is 0.971. The molecular weight excluding hydrogens is 381 g/mol. The van der Waals surface area contributed by atoms with E-state index in [1.807, 2.05) is 0 Å². The number of hydrogen-bond acceptors (Lipinski definition) is 7. The highest BCUT2D eigenvalue weighted by Gasteiger charge is 2.47. The summed E-state index contributed by atoms with van der Waals surface area (Å²) in [6.45, 7) is 1.98. The molecule has 0 unspecified atom stereocenters. The van der Waals surface area contributed by atoms with E-state index in [2.05, 4.69) is 15.8 Å². The molecular formula is C19H20FN5O4. The quantitative estimate of drug-likeness (QED) is 0.636. The number of pyridine rings is 2. The molecule has 1 saturated carbocycles. The van der Waals surface area contributed by atoms with Crippen molar-refractivity contribution in [2.45, 2.75) is 18.9 Å². The minimum Gasteiger partial charge on any atom is -0.477 e. The van der Waals surface area contributed by atoms with E-state index in [0.29, 0.717) is 12.2 Å². The Hall–Kier alpha value is -2.98. The van der Waals surface area contributed by atoms with Crippen LogP contribution in [0.25, 0.3) is 11.0 Å². The zero-order chi connectivity index (χ0) is 20.3. The Morgan fingerprint density at radius 3 is 2.79 bits per heavy atom. The number of aromatic carboxylic acids is 1. The van der Waals surface area contributed by atoms with Gasteiger partial charge in [0, 0.05) is 38.1 Å². The van der Waals surface area contributed by atoms with Gasteiger partial charge in [-0.3, -0.25) is 15.1 Å². The van der Waals surface area contributed by atoms with Crippen LogP contribution in [0.5, 0.6) is 0 Å². The number of carboxylic acid groups (broad SMARTS) is 1. The van der Waals surface area contributed by atoms with E-state index in [9.17, 15) is 14.7 Å². The molecule has 2 aromatic heterocycles. The predicted molar refractivity (Wildman–Crippen MR) is 102 cm³/mol. The van der Waals surface area contributed by atoms with Gasteiger partial charge in [-0.2, -0.15) is 0 Å². The summed E-state index contributed by atoms with van der Waals surface area (Å²) in [7, 11) is 1.52. The number of anilines is 1. The molecule has 0 atom stereocenters. The molecule has 3 aliphatic rings. The Morgan fingerprint density at radius 2 is 2.21 bits per heavy atom. The van der Waals surface area contributed by atoms with Crippen molar-refractivity contribution in [3.63, 3.8) is 0 Å². The summed E-state index contributed by atoms with van der Waals surface area (Å²) < 4.78 is 16.7. The zero-order valence-electron chi connectivity index (χ0n) is 15.7. The second kappa shape index (κ2) is 6.26. The van der Waals surface area contributed by atoms with Gasteiger partial charge in [-0.25, -0.2) is 14.2 Å². The van der Waals surface area contributed by atoms with Gasteiger partial charge < -0.3 is 19.9 Å². The molecule has 29 heavy (non-hydrogen) atoms. The second-order valence-electron chi connectivity index (χ2n) is 7.84. The van der Waals surface area contributed by atoms with Crippen molar-refractivity contribution in [1.82, 2.24) is 20.3 Å². The molecule has 9 nitrogen and oxygen atoms in total. The van der Waals surface area contributed by atoms with Gasteiger partial charge in [0.1, 0.15) is 11.2 Å². The number of rotatable bonds is 5. The van der Waals surface area contributed by atoms with E-state index < -0.39 is 17.2 Å². The Kier molecular flexibility index (Phi) is 3.90. The maximum Gasteiger partial charge on any atom is 0.341 e. The molecule has 2 aromatic rings. The van der Waals surface area contributed by atoms with Crippen molar-refractivity contribution in [3.05, 3.63) is 45.8 Å². The van der Waals surface area contributed by atoms with Crippen LogP contribution in [-0.2, 0) is 4.84 Å². The van der Waals surface area contributed by atoms with E-state index in [0.717, 1.165) is 37.7 Å². The largest absolute Gasteiger partial charge is 0.477 e. The van der Waals surface area contributed by atoms with Crippen molar-refractivity contribution in [2.24, 2.45) is 5.41 Å². The maximum atomic E-state index is 15.0. The molecule has 1 saturated heterocycles. The molecule has 10 heteroatoms. The summed E-state index contributed by atoms with van der Waals surface area (Å²) in [5.41, 5.74) is 2.71. The number of halogens is 1. The molecule has 5 rings (SSSR count). The lowest BCUT2D eigenvalue weighted by atomic mass is 9.80. The van der Waals surface area contributed by atoms with Gasteiger partial charge in [-0.1, -0.05) is 0 Å². The molecule has 2 fully saturated rings. The number of fused-ring (bicyclic) bond motifs is 1. The Bertz CT molecular complexity index is 1120. The van der Waals surface area contributed by atoms with Gasteiger partial charge in [0.15, 0.2) is 11.6 Å². The minimum atomic E-state index is -1.33. The average molecular weight is 401 g/mol. The van der Waals surface area contributed by atoms with Gasteiger partial charge in [0.2, 0.25) is 5.43 Å². The molecule has 0 amide bonds. The van der Waals surface area contributed by atoms with Crippen LogP contribution >= 0.6 is 0 Å². The molecule has 152 valence electrons. The molecule has 0 bridgehead atoms. The lowest BCUT2D eigenvalue weighted by Gasteiger charge is -2.41. The van der Waals surface area contributed by atoms with Crippen molar-refractivity contribution in [3.8, 4) is 0 Å². The number of carbonyl (C=O) groups is 1. The smallest absolute Gasteiger partial charge is 0.341 e. The third-order valence-electron chi connectivity index (χ3n) is 5.85. The summed E-state index contributed by atoms with van der Waals surface area (Å²) in [5.74, 6) is -1.89. The Balaban J connectivity index is 1.66. The van der Waals surface area contributed by atoms with Crippen LogP contribution in [0.2, 0.25) is 0 Å². The van der Waals surface area contributed by atoms with Gasteiger partial charge in [-0.05, 0) is 18.9 Å². The van der Waals surface area contributed by atoms with Crippen molar-refractivity contribution in [1.29, 1.82) is 0 Å².